The van der Waals surface area contributed by atoms with Crippen molar-refractivity contribution in [1.82, 2.24) is 20.2 Å². The largest absolute Gasteiger partial charge is 0.329 e. The molecule has 0 spiro atoms. The monoisotopic (exact) mass is 213 g/mol. The summed E-state index contributed by atoms with van der Waals surface area (Å²) in [5.74, 6) is 2.02. The predicted octanol–water partition coefficient (Wildman–Crippen LogP) is 0.524. The highest BCUT2D eigenvalue weighted by Gasteiger charge is 2.18. The molecule has 1 fully saturated rings. The van der Waals surface area contributed by atoms with Crippen LogP contribution in [0.2, 0.25) is 0 Å². The van der Waals surface area contributed by atoms with E-state index in [1.165, 1.54) is 19.3 Å². The summed E-state index contributed by atoms with van der Waals surface area (Å²) < 4.78 is 1.78. The zero-order valence-corrected chi connectivity index (χ0v) is 8.91. The fourth-order valence-electron chi connectivity index (χ4n) is 1.41. The molecule has 5 nitrogen and oxygen atoms in total. The molecule has 78 valence electrons. The van der Waals surface area contributed by atoms with Crippen molar-refractivity contribution in [3.05, 3.63) is 0 Å². The Hall–Kier alpha value is -0.620. The SMILES string of the molecule is NCCn1nnnc1SCC1CCC1. The van der Waals surface area contributed by atoms with Gasteiger partial charge in [-0.25, -0.2) is 4.68 Å². The average molecular weight is 213 g/mol. The van der Waals surface area contributed by atoms with Gasteiger partial charge in [0.05, 0.1) is 6.54 Å². The molecule has 1 saturated carbocycles. The quantitative estimate of drug-likeness (QED) is 0.722. The first-order chi connectivity index (χ1) is 6.90. The van der Waals surface area contributed by atoms with Crippen LogP contribution in [0.15, 0.2) is 5.16 Å². The number of thioether (sulfide) groups is 1. The molecule has 1 aromatic rings. The summed E-state index contributed by atoms with van der Waals surface area (Å²) in [6.07, 6.45) is 4.12. The lowest BCUT2D eigenvalue weighted by atomic mass is 9.87. The number of rotatable bonds is 5. The van der Waals surface area contributed by atoms with Gasteiger partial charge in [-0.15, -0.1) is 5.10 Å². The second-order valence-electron chi connectivity index (χ2n) is 3.58. The Morgan fingerprint density at radius 1 is 1.50 bits per heavy atom. The smallest absolute Gasteiger partial charge is 0.209 e. The molecule has 0 radical (unpaired) electrons. The summed E-state index contributed by atoms with van der Waals surface area (Å²) in [5, 5.41) is 12.4. The zero-order chi connectivity index (χ0) is 9.80. The highest BCUT2D eigenvalue weighted by molar-refractivity contribution is 7.99. The third-order valence-electron chi connectivity index (χ3n) is 2.51. The van der Waals surface area contributed by atoms with Gasteiger partial charge < -0.3 is 5.73 Å². The number of hydrogen-bond donors (Lipinski definition) is 1. The van der Waals surface area contributed by atoms with Crippen molar-refractivity contribution in [2.75, 3.05) is 12.3 Å². The lowest BCUT2D eigenvalue weighted by Gasteiger charge is -2.24. The first kappa shape index (κ1) is 9.92. The van der Waals surface area contributed by atoms with E-state index in [9.17, 15) is 0 Å². The van der Waals surface area contributed by atoms with Gasteiger partial charge in [0, 0.05) is 12.3 Å². The Labute approximate surface area is 87.4 Å². The Morgan fingerprint density at radius 2 is 2.36 bits per heavy atom. The predicted molar refractivity (Wildman–Crippen MR) is 54.9 cm³/mol. The topological polar surface area (TPSA) is 69.6 Å². The van der Waals surface area contributed by atoms with E-state index in [1.807, 2.05) is 0 Å². The maximum absolute atomic E-state index is 5.46. The Morgan fingerprint density at radius 3 is 3.00 bits per heavy atom. The van der Waals surface area contributed by atoms with Gasteiger partial charge in [-0.1, -0.05) is 18.2 Å². The second-order valence-corrected chi connectivity index (χ2v) is 4.57. The van der Waals surface area contributed by atoms with Crippen LogP contribution in [-0.4, -0.2) is 32.5 Å². The summed E-state index contributed by atoms with van der Waals surface area (Å²) in [5.41, 5.74) is 5.46. The van der Waals surface area contributed by atoms with Gasteiger partial charge >= 0.3 is 0 Å². The maximum Gasteiger partial charge on any atom is 0.209 e. The number of aromatic nitrogens is 4. The van der Waals surface area contributed by atoms with Gasteiger partial charge in [-0.3, -0.25) is 0 Å². The van der Waals surface area contributed by atoms with Crippen molar-refractivity contribution in [3.63, 3.8) is 0 Å². The van der Waals surface area contributed by atoms with Crippen molar-refractivity contribution >= 4 is 11.8 Å². The molecule has 0 amide bonds. The summed E-state index contributed by atoms with van der Waals surface area (Å²) >= 11 is 1.75. The molecule has 0 aromatic carbocycles. The minimum atomic E-state index is 0.585. The fraction of sp³-hybridized carbons (Fsp3) is 0.875. The standard InChI is InChI=1S/C8H15N5S/c9-4-5-13-8(10-11-12-13)14-6-7-2-1-3-7/h7H,1-6,9H2. The molecule has 0 atom stereocenters. The van der Waals surface area contributed by atoms with Crippen molar-refractivity contribution < 1.29 is 0 Å². The summed E-state index contributed by atoms with van der Waals surface area (Å²) in [7, 11) is 0. The molecular formula is C8H15N5S. The molecule has 1 aromatic heterocycles. The van der Waals surface area contributed by atoms with Crippen LogP contribution in [0, 0.1) is 5.92 Å². The molecule has 1 aliphatic rings. The molecule has 0 bridgehead atoms. The van der Waals surface area contributed by atoms with Gasteiger partial charge in [-0.05, 0) is 29.2 Å². The number of hydrogen-bond acceptors (Lipinski definition) is 5. The Balaban J connectivity index is 1.84. The molecule has 0 aliphatic heterocycles. The van der Waals surface area contributed by atoms with Gasteiger partial charge in [0.2, 0.25) is 5.16 Å². The molecule has 6 heteroatoms. The van der Waals surface area contributed by atoms with Crippen LogP contribution < -0.4 is 5.73 Å². The van der Waals surface area contributed by atoms with E-state index in [0.717, 1.165) is 16.8 Å². The van der Waals surface area contributed by atoms with Crippen LogP contribution in [0.25, 0.3) is 0 Å². The van der Waals surface area contributed by atoms with Crippen molar-refractivity contribution in [3.8, 4) is 0 Å². The van der Waals surface area contributed by atoms with E-state index in [0.29, 0.717) is 13.1 Å². The normalized spacial score (nSPS) is 16.9. The molecule has 1 heterocycles. The van der Waals surface area contributed by atoms with Crippen molar-refractivity contribution in [2.24, 2.45) is 11.7 Å². The van der Waals surface area contributed by atoms with E-state index in [2.05, 4.69) is 15.5 Å². The number of tetrazole rings is 1. The molecular weight excluding hydrogens is 198 g/mol. The van der Waals surface area contributed by atoms with Crippen LogP contribution in [0.4, 0.5) is 0 Å². The molecule has 14 heavy (non-hydrogen) atoms. The van der Waals surface area contributed by atoms with Crippen LogP contribution >= 0.6 is 11.8 Å². The summed E-state index contributed by atoms with van der Waals surface area (Å²) in [4.78, 5) is 0. The molecule has 0 saturated heterocycles. The van der Waals surface area contributed by atoms with Gasteiger partial charge in [0.15, 0.2) is 0 Å². The average Bonchev–Trinajstić information content (AvgIpc) is 2.51. The van der Waals surface area contributed by atoms with E-state index in [-0.39, 0.29) is 0 Å². The Kier molecular flexibility index (Phi) is 3.36. The van der Waals surface area contributed by atoms with E-state index in [4.69, 9.17) is 5.73 Å². The van der Waals surface area contributed by atoms with Crippen LogP contribution in [0.1, 0.15) is 19.3 Å². The molecule has 2 rings (SSSR count). The Bertz CT molecular complexity index is 283. The van der Waals surface area contributed by atoms with E-state index < -0.39 is 0 Å². The number of nitrogens with two attached hydrogens (primary N) is 1. The van der Waals surface area contributed by atoms with Gasteiger partial charge in [0.25, 0.3) is 0 Å². The highest BCUT2D eigenvalue weighted by atomic mass is 32.2. The van der Waals surface area contributed by atoms with E-state index in [1.54, 1.807) is 16.4 Å². The van der Waals surface area contributed by atoms with Crippen LogP contribution in [0.3, 0.4) is 0 Å². The third-order valence-corrected chi connectivity index (χ3v) is 3.70. The van der Waals surface area contributed by atoms with Crippen molar-refractivity contribution in [2.45, 2.75) is 31.0 Å². The van der Waals surface area contributed by atoms with Crippen LogP contribution in [-0.2, 0) is 6.54 Å². The number of nitrogens with zero attached hydrogens (tertiary/aromatic N) is 4. The molecule has 2 N–H and O–H groups in total. The zero-order valence-electron chi connectivity index (χ0n) is 8.09. The van der Waals surface area contributed by atoms with Crippen molar-refractivity contribution in [1.29, 1.82) is 0 Å². The first-order valence-electron chi connectivity index (χ1n) is 4.99. The van der Waals surface area contributed by atoms with E-state index >= 15 is 0 Å². The lowest BCUT2D eigenvalue weighted by Crippen LogP contribution is -2.15. The van der Waals surface area contributed by atoms with Gasteiger partial charge in [-0.2, -0.15) is 0 Å². The lowest BCUT2D eigenvalue weighted by molar-refractivity contribution is 0.352. The summed E-state index contributed by atoms with van der Waals surface area (Å²) in [6, 6.07) is 0. The maximum atomic E-state index is 5.46. The first-order valence-corrected chi connectivity index (χ1v) is 5.97. The fourth-order valence-corrected chi connectivity index (χ4v) is 2.50. The summed E-state index contributed by atoms with van der Waals surface area (Å²) in [6.45, 7) is 1.29. The highest BCUT2D eigenvalue weighted by Crippen LogP contribution is 2.31. The third kappa shape index (κ3) is 2.24. The molecule has 0 unspecified atom stereocenters. The van der Waals surface area contributed by atoms with Crippen LogP contribution in [0.5, 0.6) is 0 Å². The minimum Gasteiger partial charge on any atom is -0.329 e. The molecule has 1 aliphatic carbocycles. The minimum absolute atomic E-state index is 0.585. The van der Waals surface area contributed by atoms with Gasteiger partial charge in [0.1, 0.15) is 0 Å². The second kappa shape index (κ2) is 4.75.